The van der Waals surface area contributed by atoms with Gasteiger partial charge in [0.15, 0.2) is 0 Å². The molecule has 0 saturated heterocycles. The van der Waals surface area contributed by atoms with Crippen LogP contribution in [0.5, 0.6) is 0 Å². The molecule has 0 aromatic carbocycles. The number of nitriles is 4. The lowest BCUT2D eigenvalue weighted by Gasteiger charge is -2.39. The third-order valence-corrected chi connectivity index (χ3v) is 9.12. The molecule has 48 heavy (non-hydrogen) atoms. The number of hydrogen-bond donors (Lipinski definition) is 2. The molecule has 0 bridgehead atoms. The maximum absolute atomic E-state index is 9.78. The fourth-order valence-electron chi connectivity index (χ4n) is 6.69. The molecule has 2 aliphatic carbocycles. The van der Waals surface area contributed by atoms with Crippen molar-refractivity contribution in [3.63, 3.8) is 0 Å². The first kappa shape index (κ1) is 40.2. The largest absolute Gasteiger partial charge is 0.387 e. The molecule has 2 rings (SSSR count). The van der Waals surface area contributed by atoms with Crippen molar-refractivity contribution in [1.29, 1.82) is 21.0 Å². The molecular weight excluding hydrogens is 596 g/mol. The van der Waals surface area contributed by atoms with Gasteiger partial charge in [-0.2, -0.15) is 21.0 Å². The van der Waals surface area contributed by atoms with Crippen molar-refractivity contribution < 1.29 is 0 Å². The fourth-order valence-corrected chi connectivity index (χ4v) is 6.69. The zero-order valence-electron chi connectivity index (χ0n) is 31.5. The molecule has 0 heterocycles. The van der Waals surface area contributed by atoms with Crippen LogP contribution in [-0.4, -0.2) is 101 Å². The summed E-state index contributed by atoms with van der Waals surface area (Å²) in [6.07, 6.45) is 7.37. The maximum atomic E-state index is 9.78. The Balaban J connectivity index is 2.12. The van der Waals surface area contributed by atoms with Crippen LogP contribution in [0.2, 0.25) is 0 Å². The number of allylic oxidation sites excluding steroid dienone is 6. The molecule has 0 atom stereocenters. The van der Waals surface area contributed by atoms with Crippen LogP contribution in [0.1, 0.15) is 79.1 Å². The fraction of sp³-hybridized carbons (Fsp3) is 0.684. The van der Waals surface area contributed by atoms with Crippen LogP contribution in [0.3, 0.4) is 0 Å². The summed E-state index contributed by atoms with van der Waals surface area (Å²) in [6, 6.07) is 8.65. The Morgan fingerprint density at radius 3 is 1.17 bits per heavy atom. The van der Waals surface area contributed by atoms with Crippen molar-refractivity contribution in [2.45, 2.75) is 79.1 Å². The van der Waals surface area contributed by atoms with E-state index >= 15 is 0 Å². The van der Waals surface area contributed by atoms with Gasteiger partial charge in [0, 0.05) is 75.9 Å². The van der Waals surface area contributed by atoms with Crippen molar-refractivity contribution in [3.05, 3.63) is 45.1 Å². The minimum Gasteiger partial charge on any atom is -0.387 e. The molecule has 0 aromatic rings. The van der Waals surface area contributed by atoms with E-state index in [2.05, 4.69) is 124 Å². The molecule has 0 aliphatic heterocycles. The number of likely N-dealkylation sites (N-methyl/N-ethyl adjacent to an activating group) is 4. The van der Waals surface area contributed by atoms with Gasteiger partial charge in [-0.25, -0.2) is 0 Å². The zero-order valence-corrected chi connectivity index (χ0v) is 31.5. The first-order valence-corrected chi connectivity index (χ1v) is 17.3. The molecule has 10 nitrogen and oxygen atoms in total. The standard InChI is InChI=1S/C38H60N10/c1-37(2)21-31(29(25-39)26-40)35(47(9)19-17-45(5)6)33(23-37)43-15-13-11-12-14-16-44-34-24-38(3,4)22-32(30(27-41)28-42)36(34)48(10)20-18-46(7)8/h43-44H,11-24H2,1-10H3. The van der Waals surface area contributed by atoms with Crippen molar-refractivity contribution in [2.24, 2.45) is 10.8 Å². The van der Waals surface area contributed by atoms with Gasteiger partial charge in [-0.3, -0.25) is 0 Å². The van der Waals surface area contributed by atoms with Crippen molar-refractivity contribution in [3.8, 4) is 24.3 Å². The minimum absolute atomic E-state index is 0.0494. The Morgan fingerprint density at radius 2 is 0.875 bits per heavy atom. The third kappa shape index (κ3) is 11.9. The molecule has 0 unspecified atom stereocenters. The van der Waals surface area contributed by atoms with Crippen molar-refractivity contribution in [1.82, 2.24) is 30.2 Å². The average molecular weight is 657 g/mol. The van der Waals surface area contributed by atoms with Gasteiger partial charge in [-0.15, -0.1) is 0 Å². The summed E-state index contributed by atoms with van der Waals surface area (Å²) in [6.45, 7) is 13.9. The van der Waals surface area contributed by atoms with Crippen LogP contribution >= 0.6 is 0 Å². The van der Waals surface area contributed by atoms with Gasteiger partial charge in [0.25, 0.3) is 0 Å². The molecular formula is C38H60N10. The summed E-state index contributed by atoms with van der Waals surface area (Å²) < 4.78 is 0. The van der Waals surface area contributed by atoms with Gasteiger partial charge in [0.1, 0.15) is 35.4 Å². The quantitative estimate of drug-likeness (QED) is 0.154. The van der Waals surface area contributed by atoms with Gasteiger partial charge in [-0.05, 0) is 77.5 Å². The van der Waals surface area contributed by atoms with E-state index in [0.29, 0.717) is 12.8 Å². The predicted molar refractivity (Wildman–Crippen MR) is 193 cm³/mol. The first-order chi connectivity index (χ1) is 22.6. The highest BCUT2D eigenvalue weighted by Crippen LogP contribution is 2.44. The number of hydrogen-bond acceptors (Lipinski definition) is 10. The average Bonchev–Trinajstić information content (AvgIpc) is 3.00. The molecule has 2 aliphatic rings. The van der Waals surface area contributed by atoms with Gasteiger partial charge in [-0.1, -0.05) is 40.5 Å². The van der Waals surface area contributed by atoms with Gasteiger partial charge in [0.05, 0.1) is 11.4 Å². The Bertz CT molecular complexity index is 1270. The zero-order chi connectivity index (χ0) is 36.1. The van der Waals surface area contributed by atoms with Gasteiger partial charge < -0.3 is 30.2 Å². The van der Waals surface area contributed by atoms with E-state index in [0.717, 1.165) is 112 Å². The Kier molecular flexibility index (Phi) is 15.5. The van der Waals surface area contributed by atoms with E-state index in [1.807, 2.05) is 0 Å². The molecule has 0 saturated carbocycles. The molecule has 2 N–H and O–H groups in total. The SMILES string of the molecule is CN(C)CCN(C)C1=C(NCCCCCCNC2=C(N(C)CCN(C)C)C(=C(C#N)C#N)CC(C)(C)C2)CC(C)(C)CC1=C(C#N)C#N. The highest BCUT2D eigenvalue weighted by molar-refractivity contribution is 5.52. The Hall–Kier alpha value is -3.96. The lowest BCUT2D eigenvalue weighted by Crippen LogP contribution is -2.37. The topological polar surface area (TPSA) is 132 Å². The van der Waals surface area contributed by atoms with Crippen LogP contribution in [0, 0.1) is 56.2 Å². The van der Waals surface area contributed by atoms with Crippen LogP contribution in [0.25, 0.3) is 0 Å². The van der Waals surface area contributed by atoms with Crippen molar-refractivity contribution >= 4 is 0 Å². The maximum Gasteiger partial charge on any atom is 0.135 e. The first-order valence-electron chi connectivity index (χ1n) is 17.3. The highest BCUT2D eigenvalue weighted by Gasteiger charge is 2.35. The summed E-state index contributed by atoms with van der Waals surface area (Å²) in [7, 11) is 12.3. The summed E-state index contributed by atoms with van der Waals surface area (Å²) in [5, 5.41) is 46.6. The highest BCUT2D eigenvalue weighted by atomic mass is 15.2. The Morgan fingerprint density at radius 1 is 0.542 bits per heavy atom. The molecule has 0 spiro atoms. The normalized spacial score (nSPS) is 17.0. The smallest absolute Gasteiger partial charge is 0.135 e. The number of unbranched alkanes of at least 4 members (excludes halogenated alkanes) is 3. The van der Waals surface area contributed by atoms with E-state index in [1.54, 1.807) is 0 Å². The van der Waals surface area contributed by atoms with Crippen molar-refractivity contribution in [2.75, 3.05) is 81.6 Å². The Labute approximate surface area is 291 Å². The second-order valence-corrected chi connectivity index (χ2v) is 15.6. The number of rotatable bonds is 17. The molecule has 0 aromatic heterocycles. The minimum atomic E-state index is -0.0494. The van der Waals surface area contributed by atoms with E-state index in [4.69, 9.17) is 0 Å². The van der Waals surface area contributed by atoms with E-state index < -0.39 is 0 Å². The van der Waals surface area contributed by atoms with Crippen LogP contribution in [0.15, 0.2) is 45.1 Å². The number of nitrogens with one attached hydrogen (secondary N) is 2. The third-order valence-electron chi connectivity index (χ3n) is 9.12. The monoisotopic (exact) mass is 657 g/mol. The summed E-state index contributed by atoms with van der Waals surface area (Å²) in [4.78, 5) is 8.70. The van der Waals surface area contributed by atoms with E-state index in [9.17, 15) is 21.0 Å². The molecule has 0 fully saturated rings. The predicted octanol–water partition coefficient (Wildman–Crippen LogP) is 5.46. The molecule has 10 heteroatoms. The lowest BCUT2D eigenvalue weighted by atomic mass is 9.74. The van der Waals surface area contributed by atoms with Crippen LogP contribution in [0.4, 0.5) is 0 Å². The van der Waals surface area contributed by atoms with Gasteiger partial charge in [0.2, 0.25) is 0 Å². The van der Waals surface area contributed by atoms with E-state index in [-0.39, 0.29) is 22.0 Å². The molecule has 0 amide bonds. The van der Waals surface area contributed by atoms with Crippen LogP contribution in [-0.2, 0) is 0 Å². The molecule has 262 valence electrons. The summed E-state index contributed by atoms with van der Waals surface area (Å²) in [5.41, 5.74) is 6.31. The second-order valence-electron chi connectivity index (χ2n) is 15.6. The van der Waals surface area contributed by atoms with Crippen LogP contribution < -0.4 is 10.6 Å². The molecule has 0 radical (unpaired) electrons. The lowest BCUT2D eigenvalue weighted by molar-refractivity contribution is 0.285. The summed E-state index contributed by atoms with van der Waals surface area (Å²) >= 11 is 0. The summed E-state index contributed by atoms with van der Waals surface area (Å²) in [5.74, 6) is 0. The van der Waals surface area contributed by atoms with E-state index in [1.165, 1.54) is 0 Å². The second kappa shape index (κ2) is 18.5. The van der Waals surface area contributed by atoms with Gasteiger partial charge >= 0.3 is 0 Å². The number of nitrogens with zero attached hydrogens (tertiary/aromatic N) is 8.